The van der Waals surface area contributed by atoms with Crippen molar-refractivity contribution in [1.29, 1.82) is 0 Å². The van der Waals surface area contributed by atoms with E-state index in [0.29, 0.717) is 17.2 Å². The minimum atomic E-state index is -0.376. The minimum absolute atomic E-state index is 0.0510. The van der Waals surface area contributed by atoms with E-state index in [2.05, 4.69) is 0 Å². The van der Waals surface area contributed by atoms with Gasteiger partial charge in [0, 0.05) is 6.42 Å². The van der Waals surface area contributed by atoms with Crippen LogP contribution in [0.1, 0.15) is 20.3 Å². The van der Waals surface area contributed by atoms with Gasteiger partial charge in [-0.2, -0.15) is 0 Å². The van der Waals surface area contributed by atoms with Crippen molar-refractivity contribution in [2.75, 3.05) is 0 Å². The number of ether oxygens (including phenoxy) is 1. The zero-order valence-corrected chi connectivity index (χ0v) is 9.54. The van der Waals surface area contributed by atoms with Crippen LogP contribution < -0.4 is 4.74 Å². The molecule has 80 valence electrons. The Morgan fingerprint density at radius 1 is 1.40 bits per heavy atom. The summed E-state index contributed by atoms with van der Waals surface area (Å²) in [6.07, 6.45) is 0.433. The summed E-state index contributed by atoms with van der Waals surface area (Å²) in [5.41, 5.74) is -0.376. The monoisotopic (exact) mass is 224 g/mol. The van der Waals surface area contributed by atoms with Crippen LogP contribution in [0.25, 0.3) is 0 Å². The number of hydrogen-bond donors (Lipinski definition) is 0. The fraction of sp³-hybridized carbons (Fsp3) is 0.417. The lowest BCUT2D eigenvalue weighted by Crippen LogP contribution is -2.53. The van der Waals surface area contributed by atoms with Crippen molar-refractivity contribution in [3.05, 3.63) is 29.3 Å². The number of benzene rings is 1. The van der Waals surface area contributed by atoms with Crippen LogP contribution in [0.2, 0.25) is 5.02 Å². The third-order valence-electron chi connectivity index (χ3n) is 3.00. The first-order valence-corrected chi connectivity index (χ1v) is 5.34. The number of carbonyl (C=O) groups is 1. The molecule has 1 atom stereocenters. The van der Waals surface area contributed by atoms with E-state index in [1.165, 1.54) is 0 Å². The predicted octanol–water partition coefficient (Wildman–Crippen LogP) is 3.09. The summed E-state index contributed by atoms with van der Waals surface area (Å²) in [5.74, 6) is 0.907. The molecule has 1 aromatic rings. The molecule has 1 aliphatic rings. The van der Waals surface area contributed by atoms with Crippen molar-refractivity contribution in [2.24, 2.45) is 5.41 Å². The molecule has 1 saturated carbocycles. The van der Waals surface area contributed by atoms with E-state index < -0.39 is 0 Å². The summed E-state index contributed by atoms with van der Waals surface area (Å²) in [4.78, 5) is 11.3. The third-order valence-corrected chi connectivity index (χ3v) is 3.31. The van der Waals surface area contributed by atoms with Gasteiger partial charge < -0.3 is 4.74 Å². The lowest BCUT2D eigenvalue weighted by Gasteiger charge is -2.42. The summed E-state index contributed by atoms with van der Waals surface area (Å²) in [7, 11) is 0. The maximum absolute atomic E-state index is 11.3. The molecular weight excluding hydrogens is 212 g/mol. The summed E-state index contributed by atoms with van der Waals surface area (Å²) in [6.45, 7) is 3.81. The van der Waals surface area contributed by atoms with Gasteiger partial charge in [0.2, 0.25) is 0 Å². The van der Waals surface area contributed by atoms with E-state index in [1.807, 2.05) is 32.0 Å². The first-order valence-electron chi connectivity index (χ1n) is 4.96. The largest absolute Gasteiger partial charge is 0.487 e. The van der Waals surface area contributed by atoms with Crippen molar-refractivity contribution >= 4 is 17.4 Å². The number of Topliss-reactive ketones (excluding diaryl/α,β-unsaturated/α-hetero) is 1. The van der Waals surface area contributed by atoms with Crippen LogP contribution in [-0.2, 0) is 4.79 Å². The molecule has 0 N–H and O–H groups in total. The molecule has 1 aliphatic carbocycles. The van der Waals surface area contributed by atoms with E-state index >= 15 is 0 Å². The van der Waals surface area contributed by atoms with E-state index in [4.69, 9.17) is 16.3 Å². The Balaban J connectivity index is 2.12. The van der Waals surface area contributed by atoms with Crippen molar-refractivity contribution < 1.29 is 9.53 Å². The van der Waals surface area contributed by atoms with Gasteiger partial charge >= 0.3 is 0 Å². The number of para-hydroxylation sites is 1. The van der Waals surface area contributed by atoms with Gasteiger partial charge in [-0.25, -0.2) is 0 Å². The SMILES string of the molecule is CC1(C)C(=O)CC1Oc1ccccc1Cl. The zero-order valence-electron chi connectivity index (χ0n) is 8.79. The van der Waals surface area contributed by atoms with E-state index in [1.54, 1.807) is 6.07 Å². The molecular formula is C12H13ClO2. The number of halogens is 1. The molecule has 3 heteroatoms. The summed E-state index contributed by atoms with van der Waals surface area (Å²) in [5, 5.41) is 0.590. The summed E-state index contributed by atoms with van der Waals surface area (Å²) < 4.78 is 5.71. The first kappa shape index (κ1) is 10.5. The van der Waals surface area contributed by atoms with Gasteiger partial charge in [0.1, 0.15) is 17.6 Å². The molecule has 0 aliphatic heterocycles. The van der Waals surface area contributed by atoms with Gasteiger partial charge in [-0.1, -0.05) is 23.7 Å². The topological polar surface area (TPSA) is 26.3 Å². The van der Waals surface area contributed by atoms with Gasteiger partial charge in [-0.05, 0) is 26.0 Å². The Morgan fingerprint density at radius 3 is 2.60 bits per heavy atom. The average molecular weight is 225 g/mol. The van der Waals surface area contributed by atoms with Crippen molar-refractivity contribution in [1.82, 2.24) is 0 Å². The maximum atomic E-state index is 11.3. The highest BCUT2D eigenvalue weighted by Gasteiger charge is 2.49. The van der Waals surface area contributed by atoms with Gasteiger partial charge in [0.25, 0.3) is 0 Å². The smallest absolute Gasteiger partial charge is 0.145 e. The van der Waals surface area contributed by atoms with Crippen LogP contribution in [0, 0.1) is 5.41 Å². The van der Waals surface area contributed by atoms with Crippen LogP contribution in [0.5, 0.6) is 5.75 Å². The lowest BCUT2D eigenvalue weighted by atomic mass is 9.68. The Hall–Kier alpha value is -1.02. The molecule has 15 heavy (non-hydrogen) atoms. The van der Waals surface area contributed by atoms with Crippen LogP contribution in [0.15, 0.2) is 24.3 Å². The second-order valence-corrected chi connectivity index (χ2v) is 4.79. The average Bonchev–Trinajstić information content (AvgIpc) is 2.20. The van der Waals surface area contributed by atoms with Crippen LogP contribution in [0.3, 0.4) is 0 Å². The fourth-order valence-electron chi connectivity index (χ4n) is 1.62. The Bertz CT molecular complexity index is 398. The van der Waals surface area contributed by atoms with Gasteiger partial charge in [0.05, 0.1) is 10.4 Å². The second kappa shape index (κ2) is 3.53. The Labute approximate surface area is 94.2 Å². The molecule has 2 rings (SSSR count). The molecule has 2 nitrogen and oxygen atoms in total. The highest BCUT2D eigenvalue weighted by molar-refractivity contribution is 6.32. The molecule has 0 spiro atoms. The molecule has 0 bridgehead atoms. The van der Waals surface area contributed by atoms with Crippen LogP contribution >= 0.6 is 11.6 Å². The van der Waals surface area contributed by atoms with Gasteiger partial charge in [0.15, 0.2) is 0 Å². The third kappa shape index (κ3) is 1.74. The molecule has 1 unspecified atom stereocenters. The van der Waals surface area contributed by atoms with Crippen molar-refractivity contribution in [2.45, 2.75) is 26.4 Å². The molecule has 0 radical (unpaired) electrons. The number of ketones is 1. The summed E-state index contributed by atoms with van der Waals surface area (Å²) >= 11 is 5.97. The number of rotatable bonds is 2. The van der Waals surface area contributed by atoms with Gasteiger partial charge in [-0.15, -0.1) is 0 Å². The zero-order chi connectivity index (χ0) is 11.1. The maximum Gasteiger partial charge on any atom is 0.145 e. The standard InChI is InChI=1S/C12H13ClO2/c1-12(2)10(14)7-11(12)15-9-6-4-3-5-8(9)13/h3-6,11H,7H2,1-2H3. The Kier molecular flexibility index (Phi) is 2.47. The van der Waals surface area contributed by atoms with Gasteiger partial charge in [-0.3, -0.25) is 4.79 Å². The van der Waals surface area contributed by atoms with Crippen LogP contribution in [-0.4, -0.2) is 11.9 Å². The predicted molar refractivity (Wildman–Crippen MR) is 59.3 cm³/mol. The summed E-state index contributed by atoms with van der Waals surface area (Å²) in [6, 6.07) is 7.33. The molecule has 1 fully saturated rings. The van der Waals surface area contributed by atoms with Crippen molar-refractivity contribution in [3.8, 4) is 5.75 Å². The molecule has 0 heterocycles. The normalized spacial score (nSPS) is 23.4. The Morgan fingerprint density at radius 2 is 2.07 bits per heavy atom. The number of hydrogen-bond acceptors (Lipinski definition) is 2. The first-order chi connectivity index (χ1) is 7.01. The lowest BCUT2D eigenvalue weighted by molar-refractivity contribution is -0.148. The van der Waals surface area contributed by atoms with E-state index in [0.717, 1.165) is 0 Å². The quantitative estimate of drug-likeness (QED) is 0.772. The van der Waals surface area contributed by atoms with Crippen molar-refractivity contribution in [3.63, 3.8) is 0 Å². The molecule has 0 amide bonds. The molecule has 1 aromatic carbocycles. The number of carbonyl (C=O) groups excluding carboxylic acids is 1. The van der Waals surface area contributed by atoms with E-state index in [9.17, 15) is 4.79 Å². The second-order valence-electron chi connectivity index (χ2n) is 4.39. The highest BCUT2D eigenvalue weighted by atomic mass is 35.5. The van der Waals surface area contributed by atoms with E-state index in [-0.39, 0.29) is 17.3 Å². The van der Waals surface area contributed by atoms with Crippen LogP contribution in [0.4, 0.5) is 0 Å². The molecule has 0 saturated heterocycles. The molecule has 0 aromatic heterocycles. The fourth-order valence-corrected chi connectivity index (χ4v) is 1.80. The highest BCUT2D eigenvalue weighted by Crippen LogP contribution is 2.40. The minimum Gasteiger partial charge on any atom is -0.487 e.